The highest BCUT2D eigenvalue weighted by Gasteiger charge is 2.14. The summed E-state index contributed by atoms with van der Waals surface area (Å²) in [6.45, 7) is 4.94. The van der Waals surface area contributed by atoms with Gasteiger partial charge in [-0.1, -0.05) is 29.4 Å². The molecule has 1 aromatic carbocycles. The van der Waals surface area contributed by atoms with Crippen molar-refractivity contribution in [1.82, 2.24) is 14.8 Å². The summed E-state index contributed by atoms with van der Waals surface area (Å²) < 4.78 is 15.2. The van der Waals surface area contributed by atoms with Crippen LogP contribution in [0.15, 0.2) is 34.8 Å². The molecule has 0 saturated heterocycles. The van der Waals surface area contributed by atoms with Crippen LogP contribution in [0.4, 0.5) is 4.39 Å². The van der Waals surface area contributed by atoms with E-state index in [0.717, 1.165) is 28.7 Å². The van der Waals surface area contributed by atoms with Gasteiger partial charge < -0.3 is 4.57 Å². The summed E-state index contributed by atoms with van der Waals surface area (Å²) in [7, 11) is 0. The van der Waals surface area contributed by atoms with Gasteiger partial charge in [-0.25, -0.2) is 4.39 Å². The molecule has 3 nitrogen and oxygen atoms in total. The maximum absolute atomic E-state index is 13.1. The van der Waals surface area contributed by atoms with Crippen LogP contribution in [-0.2, 0) is 12.3 Å². The van der Waals surface area contributed by atoms with Gasteiger partial charge in [0.2, 0.25) is 0 Å². The Labute approximate surface area is 147 Å². The molecule has 7 heteroatoms. The third kappa shape index (κ3) is 3.59. The Hall–Kier alpha value is -1.37. The van der Waals surface area contributed by atoms with E-state index in [1.165, 1.54) is 17.0 Å². The summed E-state index contributed by atoms with van der Waals surface area (Å²) in [5.41, 5.74) is 1.98. The summed E-state index contributed by atoms with van der Waals surface area (Å²) in [5.74, 6) is 1.18. The van der Waals surface area contributed by atoms with Crippen molar-refractivity contribution in [3.63, 3.8) is 0 Å². The third-order valence-corrected chi connectivity index (χ3v) is 5.62. The molecular weight excluding hydrogens is 353 g/mol. The zero-order valence-electron chi connectivity index (χ0n) is 12.7. The minimum Gasteiger partial charge on any atom is -0.302 e. The van der Waals surface area contributed by atoms with Crippen molar-refractivity contribution >= 4 is 34.7 Å². The Balaban J connectivity index is 1.82. The Morgan fingerprint density at radius 2 is 2.13 bits per heavy atom. The number of nitrogens with zero attached hydrogens (tertiary/aromatic N) is 3. The molecule has 120 valence electrons. The lowest BCUT2D eigenvalue weighted by atomic mass is 10.2. The summed E-state index contributed by atoms with van der Waals surface area (Å²) in [4.78, 5) is 1.25. The summed E-state index contributed by atoms with van der Waals surface area (Å²) in [6.07, 6.45) is 0. The number of hydrogen-bond acceptors (Lipinski definition) is 4. The van der Waals surface area contributed by atoms with Crippen molar-refractivity contribution in [2.24, 2.45) is 0 Å². The van der Waals surface area contributed by atoms with Crippen LogP contribution in [0.2, 0.25) is 5.02 Å². The molecule has 3 aromatic rings. The fraction of sp³-hybridized carbons (Fsp3) is 0.250. The second kappa shape index (κ2) is 7.03. The minimum atomic E-state index is -0.324. The maximum atomic E-state index is 13.1. The van der Waals surface area contributed by atoms with Gasteiger partial charge in [0.1, 0.15) is 5.82 Å². The molecule has 0 amide bonds. The third-order valence-electron chi connectivity index (χ3n) is 3.39. The van der Waals surface area contributed by atoms with Crippen LogP contribution >= 0.6 is 34.7 Å². The Morgan fingerprint density at radius 3 is 2.78 bits per heavy atom. The molecule has 0 aliphatic rings. The standard InChI is InChI=1S/C16H15ClFN3S2/c1-3-21-15(12-6-10(2)22-9-12)19-20-16(21)23-8-11-4-5-13(18)7-14(11)17/h4-7,9H,3,8H2,1-2H3. The number of thioether (sulfide) groups is 1. The van der Waals surface area contributed by atoms with Crippen molar-refractivity contribution in [2.45, 2.75) is 31.3 Å². The predicted molar refractivity (Wildman–Crippen MR) is 94.7 cm³/mol. The van der Waals surface area contributed by atoms with Crippen LogP contribution in [0.25, 0.3) is 11.4 Å². The molecule has 0 N–H and O–H groups in total. The van der Waals surface area contributed by atoms with Gasteiger partial charge in [-0.2, -0.15) is 0 Å². The van der Waals surface area contributed by atoms with E-state index in [0.29, 0.717) is 10.8 Å². The molecule has 0 aliphatic carbocycles. The quantitative estimate of drug-likeness (QED) is 0.564. The van der Waals surface area contributed by atoms with Crippen molar-refractivity contribution < 1.29 is 4.39 Å². The number of hydrogen-bond donors (Lipinski definition) is 0. The first kappa shape index (κ1) is 16.5. The van der Waals surface area contributed by atoms with E-state index in [4.69, 9.17) is 11.6 Å². The highest BCUT2D eigenvalue weighted by Crippen LogP contribution is 2.30. The smallest absolute Gasteiger partial charge is 0.191 e. The Kier molecular flexibility index (Phi) is 5.04. The molecule has 2 aromatic heterocycles. The van der Waals surface area contributed by atoms with Crippen molar-refractivity contribution in [1.29, 1.82) is 0 Å². The normalized spacial score (nSPS) is 11.1. The van der Waals surface area contributed by atoms with Gasteiger partial charge in [0.25, 0.3) is 0 Å². The molecule has 0 aliphatic heterocycles. The van der Waals surface area contributed by atoms with Gasteiger partial charge in [-0.3, -0.25) is 0 Å². The number of halogens is 2. The Bertz CT molecular complexity index is 829. The summed E-state index contributed by atoms with van der Waals surface area (Å²) in [5, 5.41) is 12.0. The van der Waals surface area contributed by atoms with Crippen LogP contribution in [0, 0.1) is 12.7 Å². The molecule has 0 radical (unpaired) electrons. The molecule has 3 rings (SSSR count). The first-order valence-corrected chi connectivity index (χ1v) is 9.38. The molecule has 0 fully saturated rings. The maximum Gasteiger partial charge on any atom is 0.191 e. The predicted octanol–water partition coefficient (Wildman–Crippen LogP) is 5.42. The van der Waals surface area contributed by atoms with E-state index in [9.17, 15) is 4.39 Å². The van der Waals surface area contributed by atoms with E-state index < -0.39 is 0 Å². The van der Waals surface area contributed by atoms with Gasteiger partial charge in [0, 0.05) is 33.1 Å². The fourth-order valence-electron chi connectivity index (χ4n) is 2.24. The SMILES string of the molecule is CCn1c(SCc2ccc(F)cc2Cl)nnc1-c1csc(C)c1. The zero-order chi connectivity index (χ0) is 16.4. The van der Waals surface area contributed by atoms with Crippen LogP contribution in [-0.4, -0.2) is 14.8 Å². The van der Waals surface area contributed by atoms with Gasteiger partial charge in [0.05, 0.1) is 0 Å². The highest BCUT2D eigenvalue weighted by atomic mass is 35.5. The minimum absolute atomic E-state index is 0.324. The van der Waals surface area contributed by atoms with Crippen LogP contribution in [0.5, 0.6) is 0 Å². The first-order chi connectivity index (χ1) is 11.1. The van der Waals surface area contributed by atoms with Gasteiger partial charge in [-0.15, -0.1) is 21.5 Å². The van der Waals surface area contributed by atoms with Crippen molar-refractivity contribution in [3.8, 4) is 11.4 Å². The number of benzene rings is 1. The fourth-order valence-corrected chi connectivity index (χ4v) is 4.24. The second-order valence-electron chi connectivity index (χ2n) is 5.02. The van der Waals surface area contributed by atoms with Crippen molar-refractivity contribution in [2.75, 3.05) is 0 Å². The van der Waals surface area contributed by atoms with Gasteiger partial charge in [-0.05, 0) is 37.6 Å². The lowest BCUT2D eigenvalue weighted by Crippen LogP contribution is -1.99. The van der Waals surface area contributed by atoms with E-state index >= 15 is 0 Å². The van der Waals surface area contributed by atoms with E-state index in [1.807, 2.05) is 0 Å². The van der Waals surface area contributed by atoms with Gasteiger partial charge in [0.15, 0.2) is 11.0 Å². The highest BCUT2D eigenvalue weighted by molar-refractivity contribution is 7.98. The summed E-state index contributed by atoms with van der Waals surface area (Å²) in [6, 6.07) is 6.58. The topological polar surface area (TPSA) is 30.7 Å². The van der Waals surface area contributed by atoms with E-state index in [1.54, 1.807) is 29.2 Å². The number of aryl methyl sites for hydroxylation is 1. The molecule has 0 unspecified atom stereocenters. The zero-order valence-corrected chi connectivity index (χ0v) is 15.1. The lowest BCUT2D eigenvalue weighted by molar-refractivity contribution is 0.627. The van der Waals surface area contributed by atoms with E-state index in [2.05, 4.69) is 40.1 Å². The van der Waals surface area contributed by atoms with Gasteiger partial charge >= 0.3 is 0 Å². The molecule has 2 heterocycles. The average molecular weight is 368 g/mol. The first-order valence-electron chi connectivity index (χ1n) is 7.14. The Morgan fingerprint density at radius 1 is 1.30 bits per heavy atom. The number of thiophene rings is 1. The monoisotopic (exact) mass is 367 g/mol. The van der Waals surface area contributed by atoms with E-state index in [-0.39, 0.29) is 5.82 Å². The number of aromatic nitrogens is 3. The van der Waals surface area contributed by atoms with Crippen LogP contribution < -0.4 is 0 Å². The van der Waals surface area contributed by atoms with Crippen molar-refractivity contribution in [3.05, 3.63) is 50.9 Å². The molecule has 0 bridgehead atoms. The molecule has 0 atom stereocenters. The lowest BCUT2D eigenvalue weighted by Gasteiger charge is -2.07. The molecule has 0 saturated carbocycles. The van der Waals surface area contributed by atoms with Crippen LogP contribution in [0.1, 0.15) is 17.4 Å². The number of rotatable bonds is 5. The largest absolute Gasteiger partial charge is 0.302 e. The average Bonchev–Trinajstić information content (AvgIpc) is 3.12. The molecule has 23 heavy (non-hydrogen) atoms. The molecular formula is C16H15ClFN3S2. The van der Waals surface area contributed by atoms with Crippen LogP contribution in [0.3, 0.4) is 0 Å². The second-order valence-corrected chi connectivity index (χ2v) is 7.49. The summed E-state index contributed by atoms with van der Waals surface area (Å²) >= 11 is 9.33. The molecule has 0 spiro atoms.